The van der Waals surface area contributed by atoms with Crippen molar-refractivity contribution in [2.24, 2.45) is 5.41 Å². The predicted octanol–water partition coefficient (Wildman–Crippen LogP) is 1.73. The molecule has 0 N–H and O–H groups in total. The van der Waals surface area contributed by atoms with Gasteiger partial charge in [0.05, 0.1) is 5.97 Å². The van der Waals surface area contributed by atoms with Crippen LogP contribution in [-0.2, 0) is 42.0 Å². The topological polar surface area (TPSA) is 83.5 Å². The number of nitrogens with zero attached hydrogens (tertiary/aromatic N) is 1. The maximum Gasteiger partial charge on any atom is 2.00 e. The molecule has 0 bridgehead atoms. The second-order valence-corrected chi connectivity index (χ2v) is 7.94. The van der Waals surface area contributed by atoms with Crippen LogP contribution in [0.3, 0.4) is 0 Å². The van der Waals surface area contributed by atoms with E-state index in [2.05, 4.69) is 17.0 Å². The normalized spacial score (nSPS) is 16.5. The predicted molar refractivity (Wildman–Crippen MR) is 107 cm³/mol. The molecule has 0 aliphatic carbocycles. The van der Waals surface area contributed by atoms with Crippen LogP contribution in [0.1, 0.15) is 24.0 Å². The summed E-state index contributed by atoms with van der Waals surface area (Å²) in [6.07, 6.45) is 2.20. The van der Waals surface area contributed by atoms with Gasteiger partial charge in [-0.05, 0) is 61.7 Å². The number of carboxylic acid groups (broad SMARTS) is 1. The summed E-state index contributed by atoms with van der Waals surface area (Å²) in [5, 5.41) is 23.0. The molecule has 0 radical (unpaired) electrons. The van der Waals surface area contributed by atoms with Gasteiger partial charge in [-0.1, -0.05) is 59.8 Å². The molecule has 2 aromatic carbocycles. The Morgan fingerprint density at radius 1 is 0.967 bits per heavy atom. The molecule has 0 spiro atoms. The van der Waals surface area contributed by atoms with Gasteiger partial charge in [-0.15, -0.1) is 0 Å². The Kier molecular flexibility index (Phi) is 8.78. The van der Waals surface area contributed by atoms with Gasteiger partial charge >= 0.3 is 19.5 Å². The summed E-state index contributed by atoms with van der Waals surface area (Å²) in [4.78, 5) is 26.0. The van der Waals surface area contributed by atoms with E-state index in [1.54, 1.807) is 12.1 Å². The average Bonchev–Trinajstić information content (AvgIpc) is 2.72. The van der Waals surface area contributed by atoms with Crippen molar-refractivity contribution in [1.29, 1.82) is 0 Å². The Morgan fingerprint density at radius 2 is 1.57 bits per heavy atom. The summed E-state index contributed by atoms with van der Waals surface area (Å²) in [6.45, 7) is 2.15. The minimum absolute atomic E-state index is 0. The number of carbonyl (C=O) groups is 2. The molecule has 7 heteroatoms. The Morgan fingerprint density at radius 3 is 2.13 bits per heavy atom. The van der Waals surface area contributed by atoms with Crippen LogP contribution >= 0.6 is 11.6 Å². The number of benzene rings is 2. The van der Waals surface area contributed by atoms with Crippen LogP contribution < -0.4 is 10.2 Å². The third-order valence-corrected chi connectivity index (χ3v) is 5.76. The average molecular weight is 477 g/mol. The minimum atomic E-state index is -1.86. The molecule has 0 aromatic heterocycles. The van der Waals surface area contributed by atoms with E-state index < -0.39 is 22.9 Å². The maximum absolute atomic E-state index is 13.0. The summed E-state index contributed by atoms with van der Waals surface area (Å²) in [5.41, 5.74) is 1.31. The first-order valence-electron chi connectivity index (χ1n) is 9.53. The van der Waals surface area contributed by atoms with E-state index in [4.69, 9.17) is 11.6 Å². The number of carboxylic acids is 1. The van der Waals surface area contributed by atoms with Crippen LogP contribution in [0.25, 0.3) is 0 Å². The molecule has 1 aliphatic heterocycles. The van der Waals surface area contributed by atoms with E-state index in [1.807, 2.05) is 30.3 Å². The minimum Gasteiger partial charge on any atom is -0.871 e. The van der Waals surface area contributed by atoms with Crippen molar-refractivity contribution in [2.75, 3.05) is 13.1 Å². The Labute approximate surface area is 194 Å². The molecule has 5 nitrogen and oxygen atoms in total. The molecular weight excluding hydrogens is 455 g/mol. The maximum atomic E-state index is 13.0. The van der Waals surface area contributed by atoms with Crippen molar-refractivity contribution in [3.8, 4) is 0 Å². The van der Waals surface area contributed by atoms with Gasteiger partial charge in [-0.3, -0.25) is 9.69 Å². The smallest absolute Gasteiger partial charge is 0.871 e. The standard InChI is InChI=1S/C23H24ClNO4.Zn/c24-19-8-6-17(7-9-19)15-23(21(27)14-20(26)22(28)29)10-12-25(13-11-23)16-18-4-2-1-3-5-18;/h1-9,14,26H,10-13,15-16H2,(H,28,29);/q;+2/p-2. The molecule has 30 heavy (non-hydrogen) atoms. The molecule has 0 atom stereocenters. The van der Waals surface area contributed by atoms with Crippen molar-refractivity contribution in [1.82, 2.24) is 4.90 Å². The summed E-state index contributed by atoms with van der Waals surface area (Å²) < 4.78 is 0. The third-order valence-electron chi connectivity index (χ3n) is 5.50. The van der Waals surface area contributed by atoms with Crippen molar-refractivity contribution in [2.45, 2.75) is 25.8 Å². The van der Waals surface area contributed by atoms with Crippen molar-refractivity contribution < 1.29 is 39.3 Å². The number of hydrogen-bond acceptors (Lipinski definition) is 5. The van der Waals surface area contributed by atoms with E-state index in [0.29, 0.717) is 43.5 Å². The summed E-state index contributed by atoms with van der Waals surface area (Å²) in [5.74, 6) is -3.58. The van der Waals surface area contributed by atoms with E-state index in [-0.39, 0.29) is 19.5 Å². The van der Waals surface area contributed by atoms with Crippen molar-refractivity contribution in [3.05, 3.63) is 82.6 Å². The SMILES string of the molecule is O=C([O-])C([O-])=CC(=O)C1(Cc2ccc(Cl)cc2)CCN(Cc2ccccc2)CC1.[Zn+2]. The van der Waals surface area contributed by atoms with E-state index in [0.717, 1.165) is 12.1 Å². The number of rotatable bonds is 7. The van der Waals surface area contributed by atoms with Gasteiger partial charge in [0.25, 0.3) is 0 Å². The fraction of sp³-hybridized carbons (Fsp3) is 0.304. The zero-order chi connectivity index (χ0) is 20.9. The fourth-order valence-electron chi connectivity index (χ4n) is 3.82. The number of halogens is 1. The van der Waals surface area contributed by atoms with Gasteiger partial charge in [0.2, 0.25) is 0 Å². The van der Waals surface area contributed by atoms with Gasteiger partial charge < -0.3 is 15.0 Å². The first kappa shape index (κ1) is 24.3. The van der Waals surface area contributed by atoms with Crippen molar-refractivity contribution in [3.63, 3.8) is 0 Å². The summed E-state index contributed by atoms with van der Waals surface area (Å²) >= 11 is 5.95. The molecule has 3 rings (SSSR count). The van der Waals surface area contributed by atoms with Crippen LogP contribution in [0.5, 0.6) is 0 Å². The monoisotopic (exact) mass is 475 g/mol. The van der Waals surface area contributed by atoms with Crippen LogP contribution in [0.4, 0.5) is 0 Å². The quantitative estimate of drug-likeness (QED) is 0.345. The Bertz CT molecular complexity index is 891. The van der Waals surface area contributed by atoms with E-state index in [1.165, 1.54) is 5.56 Å². The van der Waals surface area contributed by atoms with Crippen LogP contribution in [0.2, 0.25) is 5.02 Å². The number of ketones is 1. The number of likely N-dealkylation sites (tertiary alicyclic amines) is 1. The van der Waals surface area contributed by atoms with Gasteiger partial charge in [0, 0.05) is 17.0 Å². The van der Waals surface area contributed by atoms with Gasteiger partial charge in [0.15, 0.2) is 5.78 Å². The van der Waals surface area contributed by atoms with Gasteiger partial charge in [0.1, 0.15) is 0 Å². The molecule has 0 amide bonds. The van der Waals surface area contributed by atoms with Crippen molar-refractivity contribution >= 4 is 23.4 Å². The number of allylic oxidation sites excluding steroid dienone is 1. The van der Waals surface area contributed by atoms with E-state index >= 15 is 0 Å². The third kappa shape index (κ3) is 6.24. The largest absolute Gasteiger partial charge is 2.00 e. The fourth-order valence-corrected chi connectivity index (χ4v) is 3.94. The summed E-state index contributed by atoms with van der Waals surface area (Å²) in [7, 11) is 0. The van der Waals surface area contributed by atoms with Gasteiger partial charge in [-0.25, -0.2) is 0 Å². The molecule has 2 aromatic rings. The Balaban J connectivity index is 0.00000320. The first-order chi connectivity index (χ1) is 13.9. The zero-order valence-corrected chi connectivity index (χ0v) is 20.4. The molecule has 1 fully saturated rings. The van der Waals surface area contributed by atoms with Crippen LogP contribution in [-0.4, -0.2) is 29.7 Å². The Hall–Kier alpha value is -2.01. The van der Waals surface area contributed by atoms with Gasteiger partial charge in [-0.2, -0.15) is 0 Å². The number of hydrogen-bond donors (Lipinski definition) is 0. The number of carbonyl (C=O) groups excluding carboxylic acids is 2. The molecule has 1 aliphatic rings. The molecule has 0 unspecified atom stereocenters. The molecule has 1 saturated heterocycles. The summed E-state index contributed by atoms with van der Waals surface area (Å²) in [6, 6.07) is 17.3. The molecule has 152 valence electrons. The first-order valence-corrected chi connectivity index (χ1v) is 9.91. The second kappa shape index (κ2) is 10.9. The number of piperidine rings is 1. The number of aliphatic carboxylic acids is 1. The molecular formula is C23H22ClNO4Zn. The zero-order valence-electron chi connectivity index (χ0n) is 16.7. The molecule has 1 heterocycles. The second-order valence-electron chi connectivity index (χ2n) is 7.51. The van der Waals surface area contributed by atoms with E-state index in [9.17, 15) is 19.8 Å². The van der Waals surface area contributed by atoms with Crippen LogP contribution in [0.15, 0.2) is 66.4 Å². The molecule has 0 saturated carbocycles. The van der Waals surface area contributed by atoms with Crippen LogP contribution in [0, 0.1) is 5.41 Å².